The van der Waals surface area contributed by atoms with E-state index in [0.29, 0.717) is 23.7 Å². The highest BCUT2D eigenvalue weighted by molar-refractivity contribution is 5.85. The molecule has 0 heterocycles. The molecule has 0 saturated carbocycles. The van der Waals surface area contributed by atoms with Gasteiger partial charge in [-0.25, -0.2) is 0 Å². The van der Waals surface area contributed by atoms with E-state index in [9.17, 15) is 13.2 Å². The van der Waals surface area contributed by atoms with Crippen molar-refractivity contribution in [2.24, 2.45) is 5.73 Å². The van der Waals surface area contributed by atoms with E-state index in [2.05, 4.69) is 4.74 Å². The van der Waals surface area contributed by atoms with Gasteiger partial charge in [0.1, 0.15) is 5.75 Å². The zero-order valence-corrected chi connectivity index (χ0v) is 14.5. The number of nitrogens with two attached hydrogens (primary N) is 1. The fourth-order valence-electron chi connectivity index (χ4n) is 2.22. The molecule has 2 aromatic carbocycles. The van der Waals surface area contributed by atoms with E-state index in [0.717, 1.165) is 5.56 Å². The fraction of sp³-hybridized carbons (Fsp3) is 0.294. The lowest BCUT2D eigenvalue weighted by Crippen LogP contribution is -2.17. The van der Waals surface area contributed by atoms with E-state index < -0.39 is 12.4 Å². The van der Waals surface area contributed by atoms with Crippen molar-refractivity contribution in [3.05, 3.63) is 53.6 Å². The van der Waals surface area contributed by atoms with Crippen molar-refractivity contribution >= 4 is 12.4 Å². The third-order valence-corrected chi connectivity index (χ3v) is 3.32. The first-order chi connectivity index (χ1) is 11.3. The largest absolute Gasteiger partial charge is 0.573 e. The molecule has 8 heteroatoms. The first kappa shape index (κ1) is 20.9. The van der Waals surface area contributed by atoms with Crippen LogP contribution in [0.1, 0.15) is 24.1 Å². The summed E-state index contributed by atoms with van der Waals surface area (Å²) in [5, 5.41) is 0. The second-order valence-electron chi connectivity index (χ2n) is 4.94. The number of hydrogen-bond acceptors (Lipinski definition) is 4. The Morgan fingerprint density at radius 3 is 2.12 bits per heavy atom. The molecule has 0 aliphatic heterocycles. The Morgan fingerprint density at radius 2 is 1.60 bits per heavy atom. The lowest BCUT2D eigenvalue weighted by Gasteiger charge is -2.16. The molecule has 2 aromatic rings. The van der Waals surface area contributed by atoms with Gasteiger partial charge in [0.2, 0.25) is 0 Å². The molecule has 0 bridgehead atoms. The summed E-state index contributed by atoms with van der Waals surface area (Å²) >= 11 is 0. The summed E-state index contributed by atoms with van der Waals surface area (Å²) in [5.74, 6) is 0.856. The molecule has 1 atom stereocenters. The van der Waals surface area contributed by atoms with E-state index in [1.807, 2.05) is 6.92 Å². The topological polar surface area (TPSA) is 53.7 Å². The maximum Gasteiger partial charge on any atom is 0.573 e. The van der Waals surface area contributed by atoms with Gasteiger partial charge < -0.3 is 19.9 Å². The smallest absolute Gasteiger partial charge is 0.493 e. The lowest BCUT2D eigenvalue weighted by molar-refractivity contribution is -0.274. The van der Waals surface area contributed by atoms with E-state index in [-0.39, 0.29) is 18.2 Å². The summed E-state index contributed by atoms with van der Waals surface area (Å²) in [7, 11) is 1.54. The van der Waals surface area contributed by atoms with Gasteiger partial charge in [-0.15, -0.1) is 25.6 Å². The molecule has 0 aliphatic rings. The summed E-state index contributed by atoms with van der Waals surface area (Å²) in [5.41, 5.74) is 7.59. The molecule has 0 aromatic heterocycles. The molecule has 0 saturated heterocycles. The summed E-state index contributed by atoms with van der Waals surface area (Å²) in [6, 6.07) is 10.2. The van der Waals surface area contributed by atoms with Crippen molar-refractivity contribution in [3.8, 4) is 17.2 Å². The Labute approximate surface area is 150 Å². The highest BCUT2D eigenvalue weighted by Crippen LogP contribution is 2.32. The average molecular weight is 378 g/mol. The molecular weight excluding hydrogens is 359 g/mol. The Bertz CT molecular complexity index is 678. The van der Waals surface area contributed by atoms with Crippen LogP contribution in [0.25, 0.3) is 0 Å². The van der Waals surface area contributed by atoms with Gasteiger partial charge in [0.15, 0.2) is 11.5 Å². The Morgan fingerprint density at radius 1 is 1.00 bits per heavy atom. The Hall–Kier alpha value is -2.12. The highest BCUT2D eigenvalue weighted by atomic mass is 35.5. The lowest BCUT2D eigenvalue weighted by atomic mass is 9.99. The van der Waals surface area contributed by atoms with Crippen LogP contribution in [0.4, 0.5) is 13.2 Å². The molecule has 0 amide bonds. The standard InChI is InChI=1S/C17H18F3NO3.ClH/c1-3-23-15-10-12(6-9-14(15)22-2)16(21)11-4-7-13(8-5-11)24-17(18,19)20;/h4-10,16H,3,21H2,1-2H3;1H/t16-;/m0./s1. The number of halogens is 4. The number of ether oxygens (including phenoxy) is 3. The minimum absolute atomic E-state index is 0. The Balaban J connectivity index is 0.00000312. The average Bonchev–Trinajstić information content (AvgIpc) is 2.54. The van der Waals surface area contributed by atoms with Crippen LogP contribution in [0.15, 0.2) is 42.5 Å². The van der Waals surface area contributed by atoms with Crippen molar-refractivity contribution < 1.29 is 27.4 Å². The van der Waals surface area contributed by atoms with Gasteiger partial charge in [-0.1, -0.05) is 18.2 Å². The van der Waals surface area contributed by atoms with Crippen molar-refractivity contribution in [2.45, 2.75) is 19.3 Å². The highest BCUT2D eigenvalue weighted by Gasteiger charge is 2.31. The Kier molecular flexibility index (Phi) is 7.38. The predicted octanol–water partition coefficient (Wildman–Crippen LogP) is 4.46. The number of alkyl halides is 3. The van der Waals surface area contributed by atoms with Gasteiger partial charge in [0.25, 0.3) is 0 Å². The normalized spacial score (nSPS) is 12.1. The monoisotopic (exact) mass is 377 g/mol. The molecule has 4 nitrogen and oxygen atoms in total. The van der Waals surface area contributed by atoms with Gasteiger partial charge in [-0.2, -0.15) is 0 Å². The van der Waals surface area contributed by atoms with Gasteiger partial charge >= 0.3 is 6.36 Å². The van der Waals surface area contributed by atoms with E-state index in [1.165, 1.54) is 31.4 Å². The van der Waals surface area contributed by atoms with Crippen LogP contribution in [0, 0.1) is 0 Å². The third-order valence-electron chi connectivity index (χ3n) is 3.32. The van der Waals surface area contributed by atoms with E-state index >= 15 is 0 Å². The maximum atomic E-state index is 12.2. The molecule has 2 N–H and O–H groups in total. The van der Waals surface area contributed by atoms with Gasteiger partial charge in [-0.3, -0.25) is 0 Å². The summed E-state index contributed by atoms with van der Waals surface area (Å²) in [4.78, 5) is 0. The van der Waals surface area contributed by atoms with Gasteiger partial charge in [-0.05, 0) is 42.3 Å². The molecule has 0 radical (unpaired) electrons. The van der Waals surface area contributed by atoms with Gasteiger partial charge in [0, 0.05) is 0 Å². The zero-order chi connectivity index (χ0) is 17.7. The molecule has 0 fully saturated rings. The third kappa shape index (κ3) is 5.72. The number of rotatable bonds is 6. The summed E-state index contributed by atoms with van der Waals surface area (Å²) < 4.78 is 51.1. The second-order valence-corrected chi connectivity index (χ2v) is 4.94. The number of hydrogen-bond donors (Lipinski definition) is 1. The quantitative estimate of drug-likeness (QED) is 0.807. The van der Waals surface area contributed by atoms with Crippen molar-refractivity contribution in [3.63, 3.8) is 0 Å². The molecule has 0 aliphatic carbocycles. The summed E-state index contributed by atoms with van der Waals surface area (Å²) in [6.07, 6.45) is -4.72. The summed E-state index contributed by atoms with van der Waals surface area (Å²) in [6.45, 7) is 2.32. The number of methoxy groups -OCH3 is 1. The van der Waals surface area contributed by atoms with Crippen LogP contribution < -0.4 is 19.9 Å². The van der Waals surface area contributed by atoms with E-state index in [1.54, 1.807) is 18.2 Å². The minimum Gasteiger partial charge on any atom is -0.493 e. The molecule has 0 unspecified atom stereocenters. The van der Waals surface area contributed by atoms with Crippen LogP contribution in [0.5, 0.6) is 17.2 Å². The molecule has 2 rings (SSSR count). The maximum absolute atomic E-state index is 12.2. The van der Waals surface area contributed by atoms with Crippen LogP contribution in [0.2, 0.25) is 0 Å². The zero-order valence-electron chi connectivity index (χ0n) is 13.7. The predicted molar refractivity (Wildman–Crippen MR) is 90.6 cm³/mol. The SMILES string of the molecule is CCOc1cc([C@@H](N)c2ccc(OC(F)(F)F)cc2)ccc1OC.Cl. The van der Waals surface area contributed by atoms with Crippen molar-refractivity contribution in [1.29, 1.82) is 0 Å². The molecule has 0 spiro atoms. The van der Waals surface area contributed by atoms with E-state index in [4.69, 9.17) is 15.2 Å². The fourth-order valence-corrected chi connectivity index (χ4v) is 2.22. The first-order valence-corrected chi connectivity index (χ1v) is 7.26. The van der Waals surface area contributed by atoms with Crippen LogP contribution >= 0.6 is 12.4 Å². The molecule has 138 valence electrons. The second kappa shape index (κ2) is 8.82. The van der Waals surface area contributed by atoms with Gasteiger partial charge in [0.05, 0.1) is 19.8 Å². The minimum atomic E-state index is -4.72. The molecule has 25 heavy (non-hydrogen) atoms. The molecular formula is C17H19ClF3NO3. The number of benzene rings is 2. The van der Waals surface area contributed by atoms with Crippen molar-refractivity contribution in [1.82, 2.24) is 0 Å². The van der Waals surface area contributed by atoms with Crippen LogP contribution in [-0.4, -0.2) is 20.1 Å². The van der Waals surface area contributed by atoms with Crippen molar-refractivity contribution in [2.75, 3.05) is 13.7 Å². The first-order valence-electron chi connectivity index (χ1n) is 7.26. The van der Waals surface area contributed by atoms with Crippen LogP contribution in [-0.2, 0) is 0 Å². The van der Waals surface area contributed by atoms with Crippen LogP contribution in [0.3, 0.4) is 0 Å².